The van der Waals surface area contributed by atoms with Gasteiger partial charge >= 0.3 is 6.09 Å². The van der Waals surface area contributed by atoms with Gasteiger partial charge in [-0.05, 0) is 81.6 Å². The first-order chi connectivity index (χ1) is 20.7. The maximum Gasteiger partial charge on any atom is 0.408 e. The quantitative estimate of drug-likeness (QED) is 0.186. The van der Waals surface area contributed by atoms with Crippen LogP contribution < -0.4 is 21.1 Å². The summed E-state index contributed by atoms with van der Waals surface area (Å²) in [4.78, 5) is 54.4. The van der Waals surface area contributed by atoms with Crippen molar-refractivity contribution in [2.75, 3.05) is 19.0 Å². The summed E-state index contributed by atoms with van der Waals surface area (Å²) in [6.45, 7) is 9.01. The summed E-state index contributed by atoms with van der Waals surface area (Å²) in [6, 6.07) is 8.88. The Morgan fingerprint density at radius 3 is 2.18 bits per heavy atom. The van der Waals surface area contributed by atoms with E-state index in [9.17, 15) is 24.3 Å². The summed E-state index contributed by atoms with van der Waals surface area (Å²) in [6.07, 6.45) is 4.19. The number of nitrogens with one attached hydrogen (secondary N) is 2. The van der Waals surface area contributed by atoms with Gasteiger partial charge in [-0.1, -0.05) is 45.1 Å². The fourth-order valence-corrected chi connectivity index (χ4v) is 4.69. The number of nitrogens with two attached hydrogens (primary N) is 1. The summed E-state index contributed by atoms with van der Waals surface area (Å²) < 4.78 is 10.6. The van der Waals surface area contributed by atoms with E-state index in [0.717, 1.165) is 32.1 Å². The van der Waals surface area contributed by atoms with Crippen LogP contribution >= 0.6 is 0 Å². The minimum absolute atomic E-state index is 0.0371. The Bertz CT molecular complexity index is 1260. The molecule has 0 radical (unpaired) electrons. The topological polar surface area (TPSA) is 160 Å². The highest BCUT2D eigenvalue weighted by Crippen LogP contribution is 2.29. The molecule has 0 aliphatic carbocycles. The van der Waals surface area contributed by atoms with Crippen molar-refractivity contribution in [1.29, 1.82) is 0 Å². The number of aryl methyl sites for hydroxylation is 1. The lowest BCUT2D eigenvalue weighted by molar-refractivity contribution is -0.142. The van der Waals surface area contributed by atoms with Crippen molar-refractivity contribution >= 4 is 29.5 Å². The lowest BCUT2D eigenvalue weighted by Gasteiger charge is -2.34. The SMILES string of the molecule is CCCCCCCCN(C(=O)C(CC(N)=O)NC(=O)OC(C)(C)C)C(C(=O)Nc1ccc(OC)cc1)c1ccc(O)c(C)c1. The van der Waals surface area contributed by atoms with E-state index in [2.05, 4.69) is 17.6 Å². The van der Waals surface area contributed by atoms with Crippen LogP contribution in [0.3, 0.4) is 0 Å². The number of benzene rings is 2. The zero-order chi connectivity index (χ0) is 32.9. The van der Waals surface area contributed by atoms with E-state index in [1.807, 2.05) is 0 Å². The molecule has 242 valence electrons. The van der Waals surface area contributed by atoms with Crippen molar-refractivity contribution in [2.24, 2.45) is 5.73 Å². The molecule has 0 heterocycles. The zero-order valence-corrected chi connectivity index (χ0v) is 26.8. The summed E-state index contributed by atoms with van der Waals surface area (Å²) >= 11 is 0. The van der Waals surface area contributed by atoms with Gasteiger partial charge in [0.15, 0.2) is 0 Å². The smallest absolute Gasteiger partial charge is 0.408 e. The van der Waals surface area contributed by atoms with Gasteiger partial charge in [0.25, 0.3) is 5.91 Å². The van der Waals surface area contributed by atoms with E-state index in [4.69, 9.17) is 15.2 Å². The average molecular weight is 613 g/mol. The van der Waals surface area contributed by atoms with Gasteiger partial charge in [-0.2, -0.15) is 0 Å². The number of carbonyl (C=O) groups excluding carboxylic acids is 4. The van der Waals surface area contributed by atoms with E-state index < -0.39 is 47.9 Å². The molecule has 2 unspecified atom stereocenters. The van der Waals surface area contributed by atoms with E-state index in [0.29, 0.717) is 29.0 Å². The van der Waals surface area contributed by atoms with Crippen LogP contribution in [0.1, 0.15) is 89.8 Å². The number of phenols is 1. The van der Waals surface area contributed by atoms with Crippen LogP contribution in [0.2, 0.25) is 0 Å². The molecule has 2 aromatic carbocycles. The molecular formula is C33H48N4O7. The highest BCUT2D eigenvalue weighted by Gasteiger charge is 2.37. The first kappa shape index (κ1) is 35.9. The maximum absolute atomic E-state index is 14.3. The van der Waals surface area contributed by atoms with Crippen molar-refractivity contribution in [1.82, 2.24) is 10.2 Å². The molecule has 0 aliphatic heterocycles. The molecule has 0 aliphatic rings. The summed E-state index contributed by atoms with van der Waals surface area (Å²) in [5.41, 5.74) is 6.07. The standard InChI is InChI=1S/C33H48N4O7/c1-7-8-9-10-11-12-19-37(31(41)26(21-28(34)39)36-32(42)44-33(3,4)5)29(23-13-18-27(38)22(2)20-23)30(40)35-24-14-16-25(43-6)17-15-24/h13-18,20,26,29,38H,7-12,19,21H2,1-6H3,(H2,34,39)(H,35,40)(H,36,42). The number of rotatable bonds is 16. The Morgan fingerprint density at radius 1 is 0.977 bits per heavy atom. The molecule has 0 bridgehead atoms. The van der Waals surface area contributed by atoms with Crippen molar-refractivity contribution in [3.8, 4) is 11.5 Å². The van der Waals surface area contributed by atoms with E-state index >= 15 is 0 Å². The van der Waals surface area contributed by atoms with Gasteiger partial charge in [-0.15, -0.1) is 0 Å². The lowest BCUT2D eigenvalue weighted by Crippen LogP contribution is -2.53. The number of aromatic hydroxyl groups is 1. The first-order valence-electron chi connectivity index (χ1n) is 15.1. The molecule has 0 saturated heterocycles. The predicted octanol–water partition coefficient (Wildman–Crippen LogP) is 5.35. The monoisotopic (exact) mass is 612 g/mol. The average Bonchev–Trinajstić information content (AvgIpc) is 2.94. The van der Waals surface area contributed by atoms with E-state index in [1.165, 1.54) is 18.1 Å². The second-order valence-electron chi connectivity index (χ2n) is 11.8. The molecule has 5 N–H and O–H groups in total. The fourth-order valence-electron chi connectivity index (χ4n) is 4.69. The number of methoxy groups -OCH3 is 1. The Labute approximate surface area is 260 Å². The zero-order valence-electron chi connectivity index (χ0n) is 26.8. The number of alkyl carbamates (subject to hydrolysis) is 1. The highest BCUT2D eigenvalue weighted by molar-refractivity contribution is 5.99. The fraction of sp³-hybridized carbons (Fsp3) is 0.515. The molecular weight excluding hydrogens is 564 g/mol. The summed E-state index contributed by atoms with van der Waals surface area (Å²) in [5, 5.41) is 15.6. The lowest BCUT2D eigenvalue weighted by atomic mass is 9.99. The van der Waals surface area contributed by atoms with Gasteiger partial charge in [0.1, 0.15) is 29.2 Å². The van der Waals surface area contributed by atoms with Gasteiger partial charge in [0.2, 0.25) is 11.8 Å². The number of amides is 4. The Hall–Kier alpha value is -4.28. The Morgan fingerprint density at radius 2 is 1.61 bits per heavy atom. The second-order valence-corrected chi connectivity index (χ2v) is 11.8. The third-order valence-corrected chi connectivity index (χ3v) is 6.88. The van der Waals surface area contributed by atoms with Crippen LogP contribution in [0.5, 0.6) is 11.5 Å². The van der Waals surface area contributed by atoms with Gasteiger partial charge in [-0.3, -0.25) is 14.4 Å². The number of hydrogen-bond donors (Lipinski definition) is 4. The summed E-state index contributed by atoms with van der Waals surface area (Å²) in [7, 11) is 1.54. The van der Waals surface area contributed by atoms with Gasteiger partial charge in [0, 0.05) is 12.2 Å². The number of phenolic OH excluding ortho intramolecular Hbond substituents is 1. The van der Waals surface area contributed by atoms with Crippen molar-refractivity contribution in [2.45, 2.75) is 97.2 Å². The number of nitrogens with zero attached hydrogens (tertiary/aromatic N) is 1. The Balaban J connectivity index is 2.55. The molecule has 0 aromatic heterocycles. The van der Waals surface area contributed by atoms with Crippen LogP contribution in [0.15, 0.2) is 42.5 Å². The normalized spacial score (nSPS) is 12.5. The van der Waals surface area contributed by atoms with Crippen LogP contribution in [-0.4, -0.2) is 59.1 Å². The molecule has 4 amide bonds. The minimum atomic E-state index is -1.38. The van der Waals surface area contributed by atoms with Crippen molar-refractivity contribution in [3.63, 3.8) is 0 Å². The van der Waals surface area contributed by atoms with Gasteiger partial charge < -0.3 is 35.8 Å². The number of carbonyl (C=O) groups is 4. The maximum atomic E-state index is 14.3. The number of primary amides is 1. The summed E-state index contributed by atoms with van der Waals surface area (Å²) in [5.74, 6) is -1.34. The molecule has 0 spiro atoms. The van der Waals surface area contributed by atoms with Gasteiger partial charge in [0.05, 0.1) is 13.5 Å². The second kappa shape index (κ2) is 17.1. The highest BCUT2D eigenvalue weighted by atomic mass is 16.6. The number of anilines is 1. The van der Waals surface area contributed by atoms with Crippen LogP contribution in [0.25, 0.3) is 0 Å². The van der Waals surface area contributed by atoms with Crippen LogP contribution in [0.4, 0.5) is 10.5 Å². The molecule has 11 heteroatoms. The van der Waals surface area contributed by atoms with Crippen molar-refractivity contribution in [3.05, 3.63) is 53.6 Å². The Kier molecular flexibility index (Phi) is 14.0. The largest absolute Gasteiger partial charge is 0.508 e. The van der Waals surface area contributed by atoms with Crippen LogP contribution in [-0.2, 0) is 19.1 Å². The van der Waals surface area contributed by atoms with E-state index in [1.54, 1.807) is 64.1 Å². The number of unbranched alkanes of at least 4 members (excludes halogenated alkanes) is 5. The van der Waals surface area contributed by atoms with Crippen LogP contribution in [0, 0.1) is 6.92 Å². The molecule has 11 nitrogen and oxygen atoms in total. The molecule has 2 rings (SSSR count). The molecule has 44 heavy (non-hydrogen) atoms. The molecule has 2 atom stereocenters. The first-order valence-corrected chi connectivity index (χ1v) is 15.1. The third kappa shape index (κ3) is 11.8. The van der Waals surface area contributed by atoms with Crippen molar-refractivity contribution < 1.29 is 33.8 Å². The minimum Gasteiger partial charge on any atom is -0.508 e. The third-order valence-electron chi connectivity index (χ3n) is 6.88. The molecule has 0 saturated carbocycles. The molecule has 2 aromatic rings. The number of ether oxygens (including phenoxy) is 2. The van der Waals surface area contributed by atoms with E-state index in [-0.39, 0.29) is 12.3 Å². The number of hydrogen-bond acceptors (Lipinski definition) is 7. The van der Waals surface area contributed by atoms with Gasteiger partial charge in [-0.25, -0.2) is 4.79 Å². The molecule has 0 fully saturated rings. The predicted molar refractivity (Wildman–Crippen MR) is 169 cm³/mol.